The first-order valence-electron chi connectivity index (χ1n) is 7.43. The fourth-order valence-electron chi connectivity index (χ4n) is 3.75. The molecule has 0 unspecified atom stereocenters. The Labute approximate surface area is 127 Å². The maximum atomic E-state index is 12.3. The number of hydrogen-bond acceptors (Lipinski definition) is 2. The van der Waals surface area contributed by atoms with Gasteiger partial charge < -0.3 is 15.3 Å². The van der Waals surface area contributed by atoms with Gasteiger partial charge in [0, 0.05) is 12.6 Å². The van der Waals surface area contributed by atoms with Crippen LogP contribution >= 0.6 is 0 Å². The molecule has 1 rings (SSSR count). The summed E-state index contributed by atoms with van der Waals surface area (Å²) in [4.78, 5) is 24.4. The predicted molar refractivity (Wildman–Crippen MR) is 83.1 cm³/mol. The first-order chi connectivity index (χ1) is 9.54. The van der Waals surface area contributed by atoms with Gasteiger partial charge in [-0.2, -0.15) is 0 Å². The van der Waals surface area contributed by atoms with Crippen LogP contribution in [0.2, 0.25) is 0 Å². The van der Waals surface area contributed by atoms with Crippen molar-refractivity contribution in [3.05, 3.63) is 12.7 Å². The number of amides is 2. The number of carboxylic acids is 1. The standard InChI is InChI=1S/C16H28N2O3/c1-6-7-18(10-13(19)20)14(21)17-12-8-15(2,3)11-16(4,5)9-12/h6,12H,1,7-11H2,2-5H3,(H,17,21)(H,19,20). The average molecular weight is 296 g/mol. The second-order valence-electron chi connectivity index (χ2n) is 7.62. The van der Waals surface area contributed by atoms with Crippen molar-refractivity contribution in [1.82, 2.24) is 10.2 Å². The summed E-state index contributed by atoms with van der Waals surface area (Å²) in [6.45, 7) is 12.4. The first kappa shape index (κ1) is 17.5. The molecule has 0 heterocycles. The number of urea groups is 1. The van der Waals surface area contributed by atoms with Crippen LogP contribution in [-0.2, 0) is 4.79 Å². The molecule has 21 heavy (non-hydrogen) atoms. The summed E-state index contributed by atoms with van der Waals surface area (Å²) in [6, 6.07) is -0.242. The Kier molecular flexibility index (Phi) is 5.42. The van der Waals surface area contributed by atoms with E-state index in [1.165, 1.54) is 11.0 Å². The Bertz CT molecular complexity index is 400. The normalized spacial score (nSPS) is 20.6. The molecule has 120 valence electrons. The summed E-state index contributed by atoms with van der Waals surface area (Å²) in [5.41, 5.74) is 0.353. The van der Waals surface area contributed by atoms with Gasteiger partial charge in [0.15, 0.2) is 0 Å². The molecule has 0 spiro atoms. The molecule has 2 amide bonds. The molecule has 2 N–H and O–H groups in total. The molecule has 5 nitrogen and oxygen atoms in total. The van der Waals surface area contributed by atoms with Gasteiger partial charge in [-0.05, 0) is 30.1 Å². The Balaban J connectivity index is 2.71. The molecule has 1 fully saturated rings. The number of aliphatic carboxylic acids is 1. The number of carboxylic acid groups (broad SMARTS) is 1. The fraction of sp³-hybridized carbons (Fsp3) is 0.750. The second kappa shape index (κ2) is 6.50. The van der Waals surface area contributed by atoms with E-state index < -0.39 is 5.97 Å². The molecule has 5 heteroatoms. The lowest BCUT2D eigenvalue weighted by Gasteiger charge is -2.45. The van der Waals surface area contributed by atoms with Crippen LogP contribution in [0.1, 0.15) is 47.0 Å². The number of nitrogens with zero attached hydrogens (tertiary/aromatic N) is 1. The Hall–Kier alpha value is -1.52. The van der Waals surface area contributed by atoms with Crippen LogP contribution in [0, 0.1) is 10.8 Å². The highest BCUT2D eigenvalue weighted by Crippen LogP contribution is 2.45. The summed E-state index contributed by atoms with van der Waals surface area (Å²) < 4.78 is 0. The summed E-state index contributed by atoms with van der Waals surface area (Å²) in [6.07, 6.45) is 4.49. The van der Waals surface area contributed by atoms with Crippen LogP contribution < -0.4 is 5.32 Å². The summed E-state index contributed by atoms with van der Waals surface area (Å²) in [5, 5.41) is 11.9. The van der Waals surface area contributed by atoms with Crippen LogP contribution in [0.3, 0.4) is 0 Å². The minimum Gasteiger partial charge on any atom is -0.480 e. The van der Waals surface area contributed by atoms with Crippen LogP contribution in [-0.4, -0.2) is 41.1 Å². The van der Waals surface area contributed by atoms with Crippen LogP contribution in [0.15, 0.2) is 12.7 Å². The van der Waals surface area contributed by atoms with Gasteiger partial charge in [-0.15, -0.1) is 6.58 Å². The van der Waals surface area contributed by atoms with Crippen molar-refractivity contribution in [2.24, 2.45) is 10.8 Å². The monoisotopic (exact) mass is 296 g/mol. The lowest BCUT2D eigenvalue weighted by molar-refractivity contribution is -0.137. The maximum Gasteiger partial charge on any atom is 0.323 e. The molecule has 1 aliphatic rings. The molecule has 0 aromatic carbocycles. The van der Waals surface area contributed by atoms with Gasteiger partial charge in [0.2, 0.25) is 0 Å². The molecule has 0 aromatic rings. The smallest absolute Gasteiger partial charge is 0.323 e. The zero-order valence-corrected chi connectivity index (χ0v) is 13.6. The molecular formula is C16H28N2O3. The van der Waals surface area contributed by atoms with E-state index in [9.17, 15) is 9.59 Å². The Morgan fingerprint density at radius 2 is 1.81 bits per heavy atom. The largest absolute Gasteiger partial charge is 0.480 e. The first-order valence-corrected chi connectivity index (χ1v) is 7.43. The van der Waals surface area contributed by atoms with Gasteiger partial charge in [0.05, 0.1) is 0 Å². The van der Waals surface area contributed by atoms with E-state index in [2.05, 4.69) is 39.6 Å². The minimum absolute atomic E-state index is 0.0809. The molecule has 1 aliphatic carbocycles. The van der Waals surface area contributed by atoms with E-state index in [4.69, 9.17) is 5.11 Å². The van der Waals surface area contributed by atoms with Gasteiger partial charge in [0.25, 0.3) is 0 Å². The van der Waals surface area contributed by atoms with E-state index in [1.807, 2.05) is 0 Å². The zero-order valence-electron chi connectivity index (χ0n) is 13.6. The lowest BCUT2D eigenvalue weighted by atomic mass is 9.63. The summed E-state index contributed by atoms with van der Waals surface area (Å²) in [7, 11) is 0. The minimum atomic E-state index is -1.02. The van der Waals surface area contributed by atoms with Crippen molar-refractivity contribution in [1.29, 1.82) is 0 Å². The number of rotatable bonds is 5. The van der Waals surface area contributed by atoms with Gasteiger partial charge in [-0.1, -0.05) is 33.8 Å². The molecular weight excluding hydrogens is 268 g/mol. The van der Waals surface area contributed by atoms with Crippen molar-refractivity contribution in [2.45, 2.75) is 53.0 Å². The molecule has 0 aromatic heterocycles. The van der Waals surface area contributed by atoms with Gasteiger partial charge in [-0.3, -0.25) is 4.79 Å². The molecule has 0 radical (unpaired) electrons. The SMILES string of the molecule is C=CCN(CC(=O)O)C(=O)NC1CC(C)(C)CC(C)(C)C1. The van der Waals surface area contributed by atoms with Crippen LogP contribution in [0.25, 0.3) is 0 Å². The second-order valence-corrected chi connectivity index (χ2v) is 7.62. The topological polar surface area (TPSA) is 69.6 Å². The van der Waals surface area contributed by atoms with Gasteiger partial charge >= 0.3 is 12.0 Å². The number of nitrogens with one attached hydrogen (secondary N) is 1. The third-order valence-electron chi connectivity index (χ3n) is 3.85. The van der Waals surface area contributed by atoms with Crippen molar-refractivity contribution in [3.8, 4) is 0 Å². The summed E-state index contributed by atoms with van der Waals surface area (Å²) >= 11 is 0. The maximum absolute atomic E-state index is 12.3. The Morgan fingerprint density at radius 3 is 2.24 bits per heavy atom. The van der Waals surface area contributed by atoms with E-state index in [-0.39, 0.29) is 36.0 Å². The highest BCUT2D eigenvalue weighted by atomic mass is 16.4. The van der Waals surface area contributed by atoms with Crippen molar-refractivity contribution >= 4 is 12.0 Å². The lowest BCUT2D eigenvalue weighted by Crippen LogP contribution is -2.51. The van der Waals surface area contributed by atoms with Gasteiger partial charge in [-0.25, -0.2) is 4.79 Å². The van der Waals surface area contributed by atoms with Gasteiger partial charge in [0.1, 0.15) is 6.54 Å². The summed E-state index contributed by atoms with van der Waals surface area (Å²) in [5.74, 6) is -1.02. The number of carbonyl (C=O) groups is 2. The fourth-order valence-corrected chi connectivity index (χ4v) is 3.75. The van der Waals surface area contributed by atoms with Crippen LogP contribution in [0.4, 0.5) is 4.79 Å². The number of hydrogen-bond donors (Lipinski definition) is 2. The molecule has 0 saturated heterocycles. The molecule has 0 bridgehead atoms. The van der Waals surface area contributed by atoms with E-state index in [1.54, 1.807) is 0 Å². The molecule has 0 aliphatic heterocycles. The van der Waals surface area contributed by atoms with E-state index >= 15 is 0 Å². The third kappa shape index (κ3) is 5.78. The Morgan fingerprint density at radius 1 is 1.29 bits per heavy atom. The van der Waals surface area contributed by atoms with E-state index in [0.717, 1.165) is 19.3 Å². The van der Waals surface area contributed by atoms with Crippen LogP contribution in [0.5, 0.6) is 0 Å². The van der Waals surface area contributed by atoms with E-state index in [0.29, 0.717) is 0 Å². The van der Waals surface area contributed by atoms with Crippen molar-refractivity contribution < 1.29 is 14.7 Å². The van der Waals surface area contributed by atoms with Crippen molar-refractivity contribution in [3.63, 3.8) is 0 Å². The van der Waals surface area contributed by atoms with Crippen molar-refractivity contribution in [2.75, 3.05) is 13.1 Å². The third-order valence-corrected chi connectivity index (χ3v) is 3.85. The predicted octanol–water partition coefficient (Wildman–Crippen LogP) is 2.87. The quantitative estimate of drug-likeness (QED) is 0.766. The number of carbonyl (C=O) groups excluding carboxylic acids is 1. The molecule has 0 atom stereocenters. The highest BCUT2D eigenvalue weighted by Gasteiger charge is 2.39. The zero-order chi connectivity index (χ0) is 16.3. The molecule has 1 saturated carbocycles. The average Bonchev–Trinajstić information content (AvgIpc) is 2.22. The highest BCUT2D eigenvalue weighted by molar-refractivity contribution is 5.80.